The highest BCUT2D eigenvalue weighted by molar-refractivity contribution is 8.01. The molecule has 0 saturated heterocycles. The summed E-state index contributed by atoms with van der Waals surface area (Å²) in [5.41, 5.74) is 9.41. The highest BCUT2D eigenvalue weighted by Crippen LogP contribution is 2.50. The van der Waals surface area contributed by atoms with Gasteiger partial charge in [-0.05, 0) is 60.7 Å². The van der Waals surface area contributed by atoms with E-state index in [2.05, 4.69) is 21.6 Å². The molecule has 1 amide bonds. The summed E-state index contributed by atoms with van der Waals surface area (Å²) in [6.07, 6.45) is 0.916. The summed E-state index contributed by atoms with van der Waals surface area (Å²) < 4.78 is 11.3. The van der Waals surface area contributed by atoms with Gasteiger partial charge >= 0.3 is 0 Å². The van der Waals surface area contributed by atoms with Crippen LogP contribution in [0.5, 0.6) is 11.5 Å². The van der Waals surface area contributed by atoms with Crippen LogP contribution in [0.1, 0.15) is 45.1 Å². The Labute approximate surface area is 258 Å². The van der Waals surface area contributed by atoms with Gasteiger partial charge in [0.15, 0.2) is 10.1 Å². The van der Waals surface area contributed by atoms with Crippen LogP contribution in [-0.2, 0) is 9.59 Å². The molecule has 43 heavy (non-hydrogen) atoms. The molecule has 2 aliphatic rings. The van der Waals surface area contributed by atoms with Crippen LogP contribution in [0, 0.1) is 16.7 Å². The Kier molecular flexibility index (Phi) is 8.75. The third-order valence-electron chi connectivity index (χ3n) is 7.19. The number of ether oxygens (including phenoxy) is 2. The first kappa shape index (κ1) is 30.1. The van der Waals surface area contributed by atoms with E-state index in [9.17, 15) is 14.9 Å². The molecule has 12 heteroatoms. The van der Waals surface area contributed by atoms with Gasteiger partial charge in [0.25, 0.3) is 0 Å². The molecular weight excluding hydrogens is 585 g/mol. The maximum atomic E-state index is 13.7. The van der Waals surface area contributed by atoms with Crippen molar-refractivity contribution in [2.45, 2.75) is 43.9 Å². The summed E-state index contributed by atoms with van der Waals surface area (Å²) >= 11 is 2.50. The maximum absolute atomic E-state index is 13.7. The van der Waals surface area contributed by atoms with Crippen molar-refractivity contribution in [1.29, 1.82) is 5.26 Å². The van der Waals surface area contributed by atoms with Crippen molar-refractivity contribution in [2.75, 3.05) is 29.7 Å². The first-order valence-corrected chi connectivity index (χ1v) is 15.5. The van der Waals surface area contributed by atoms with Crippen LogP contribution in [0.2, 0.25) is 0 Å². The normalized spacial score (nSPS) is 17.8. The van der Waals surface area contributed by atoms with Gasteiger partial charge in [-0.1, -0.05) is 49.1 Å². The number of benzene rings is 2. The van der Waals surface area contributed by atoms with Crippen molar-refractivity contribution in [2.24, 2.45) is 11.1 Å². The molecule has 2 aromatic carbocycles. The molecule has 0 saturated carbocycles. The molecule has 0 fully saturated rings. The topological polar surface area (TPSA) is 143 Å². The van der Waals surface area contributed by atoms with Crippen molar-refractivity contribution in [1.82, 2.24) is 10.2 Å². The SMILES string of the molecule is CCOc1ccc(C2C(C#N)=C(N)N(c3nnc(SCC(=O)Nc4ccc(OC)cc4)s3)C3=C2C(=O)CC(C)(C)C3)cc1. The Morgan fingerprint density at radius 2 is 1.86 bits per heavy atom. The monoisotopic (exact) mass is 616 g/mol. The van der Waals surface area contributed by atoms with Crippen LogP contribution in [-0.4, -0.2) is 41.4 Å². The van der Waals surface area contributed by atoms with E-state index in [0.717, 1.165) is 11.3 Å². The number of hydrogen-bond donors (Lipinski definition) is 2. The number of nitrogens with zero attached hydrogens (tertiary/aromatic N) is 4. The van der Waals surface area contributed by atoms with E-state index in [-0.39, 0.29) is 34.3 Å². The summed E-state index contributed by atoms with van der Waals surface area (Å²) in [5, 5.41) is 22.3. The minimum absolute atomic E-state index is 0.0234. The van der Waals surface area contributed by atoms with E-state index >= 15 is 0 Å². The Morgan fingerprint density at radius 3 is 2.51 bits per heavy atom. The number of nitriles is 1. The molecule has 222 valence electrons. The van der Waals surface area contributed by atoms with E-state index in [0.29, 0.717) is 51.7 Å². The zero-order valence-electron chi connectivity index (χ0n) is 24.3. The molecule has 2 heterocycles. The van der Waals surface area contributed by atoms with E-state index in [4.69, 9.17) is 15.2 Å². The molecule has 1 aliphatic heterocycles. The number of amides is 1. The van der Waals surface area contributed by atoms with Gasteiger partial charge in [0.2, 0.25) is 11.0 Å². The van der Waals surface area contributed by atoms with E-state index < -0.39 is 5.92 Å². The molecule has 1 aliphatic carbocycles. The average Bonchev–Trinajstić information content (AvgIpc) is 3.44. The van der Waals surface area contributed by atoms with Gasteiger partial charge in [-0.15, -0.1) is 10.2 Å². The number of anilines is 2. The minimum Gasteiger partial charge on any atom is -0.497 e. The van der Waals surface area contributed by atoms with Crippen LogP contribution in [0.3, 0.4) is 0 Å². The lowest BCUT2D eigenvalue weighted by Crippen LogP contribution is -2.42. The Hall–Kier alpha value is -4.34. The van der Waals surface area contributed by atoms with Gasteiger partial charge in [-0.25, -0.2) is 0 Å². The number of aromatic nitrogens is 2. The number of nitrogens with two attached hydrogens (primary N) is 1. The van der Waals surface area contributed by atoms with Gasteiger partial charge in [-0.3, -0.25) is 14.5 Å². The number of Topliss-reactive ketones (excluding diaryl/α,β-unsaturated/α-hetero) is 1. The number of methoxy groups -OCH3 is 1. The number of carbonyl (C=O) groups is 2. The van der Waals surface area contributed by atoms with Gasteiger partial charge in [0.1, 0.15) is 17.3 Å². The second-order valence-corrected chi connectivity index (χ2v) is 13.1. The maximum Gasteiger partial charge on any atom is 0.234 e. The number of carbonyl (C=O) groups excluding carboxylic acids is 2. The summed E-state index contributed by atoms with van der Waals surface area (Å²) in [7, 11) is 1.58. The van der Waals surface area contributed by atoms with E-state index in [1.165, 1.54) is 23.1 Å². The van der Waals surface area contributed by atoms with Crippen LogP contribution >= 0.6 is 23.1 Å². The van der Waals surface area contributed by atoms with Gasteiger partial charge < -0.3 is 20.5 Å². The molecule has 0 spiro atoms. The zero-order chi connectivity index (χ0) is 30.7. The number of thioether (sulfide) groups is 1. The second kappa shape index (κ2) is 12.5. The smallest absolute Gasteiger partial charge is 0.234 e. The van der Waals surface area contributed by atoms with Crippen LogP contribution in [0.25, 0.3) is 0 Å². The lowest BCUT2D eigenvalue weighted by Gasteiger charge is -2.42. The Balaban J connectivity index is 1.43. The number of rotatable bonds is 9. The molecule has 1 aromatic heterocycles. The van der Waals surface area contributed by atoms with Crippen molar-refractivity contribution in [3.8, 4) is 17.6 Å². The lowest BCUT2D eigenvalue weighted by molar-refractivity contribution is -0.118. The highest BCUT2D eigenvalue weighted by Gasteiger charge is 2.45. The van der Waals surface area contributed by atoms with Crippen LogP contribution in [0.4, 0.5) is 10.8 Å². The average molecular weight is 617 g/mol. The molecule has 0 bridgehead atoms. The highest BCUT2D eigenvalue weighted by atomic mass is 32.2. The standard InChI is InChI=1S/C31H32N6O4S2/c1-5-41-21-10-6-18(7-11-21)26-22(16-32)28(33)37(23-14-31(2,3)15-24(38)27(23)26)29-35-36-30(43-29)42-17-25(39)34-19-8-12-20(40-4)13-9-19/h6-13,26H,5,14-15,17,33H2,1-4H3,(H,34,39). The van der Waals surface area contributed by atoms with E-state index in [1.807, 2.05) is 45.0 Å². The number of ketones is 1. The first-order chi connectivity index (χ1) is 20.6. The number of hydrogen-bond acceptors (Lipinski definition) is 11. The fourth-order valence-corrected chi connectivity index (χ4v) is 7.01. The Bertz CT molecular complexity index is 1640. The fourth-order valence-electron chi connectivity index (χ4n) is 5.33. The van der Waals surface area contributed by atoms with Crippen molar-refractivity contribution in [3.05, 3.63) is 76.8 Å². The first-order valence-electron chi connectivity index (χ1n) is 13.7. The fraction of sp³-hybridized carbons (Fsp3) is 0.323. The third-order valence-corrected chi connectivity index (χ3v) is 9.23. The van der Waals surface area contributed by atoms with Gasteiger partial charge in [-0.2, -0.15) is 5.26 Å². The Morgan fingerprint density at radius 1 is 1.16 bits per heavy atom. The second-order valence-electron chi connectivity index (χ2n) is 10.9. The quantitative estimate of drug-likeness (QED) is 0.291. The lowest BCUT2D eigenvalue weighted by atomic mass is 9.68. The molecule has 5 rings (SSSR count). The summed E-state index contributed by atoms with van der Waals surface area (Å²) in [6, 6.07) is 16.8. The minimum atomic E-state index is -0.598. The van der Waals surface area contributed by atoms with E-state index in [1.54, 1.807) is 36.3 Å². The van der Waals surface area contributed by atoms with Crippen LogP contribution < -0.4 is 25.4 Å². The van der Waals surface area contributed by atoms with Gasteiger partial charge in [0.05, 0.1) is 37.0 Å². The molecule has 3 aromatic rings. The zero-order valence-corrected chi connectivity index (χ0v) is 26.0. The summed E-state index contributed by atoms with van der Waals surface area (Å²) in [5.74, 6) is 0.931. The predicted octanol–water partition coefficient (Wildman–Crippen LogP) is 5.62. The molecule has 10 nitrogen and oxygen atoms in total. The predicted molar refractivity (Wildman–Crippen MR) is 167 cm³/mol. The summed E-state index contributed by atoms with van der Waals surface area (Å²) in [4.78, 5) is 28.0. The van der Waals surface area contributed by atoms with Crippen molar-refractivity contribution < 1.29 is 19.1 Å². The largest absolute Gasteiger partial charge is 0.497 e. The molecule has 1 unspecified atom stereocenters. The van der Waals surface area contributed by atoms with Crippen molar-refractivity contribution >= 4 is 45.6 Å². The van der Waals surface area contributed by atoms with Crippen molar-refractivity contribution in [3.63, 3.8) is 0 Å². The van der Waals surface area contributed by atoms with Crippen LogP contribution in [0.15, 0.2) is 75.5 Å². The molecule has 3 N–H and O–H groups in total. The molecule has 0 radical (unpaired) electrons. The number of allylic oxidation sites excluding steroid dienone is 3. The third kappa shape index (κ3) is 6.38. The van der Waals surface area contributed by atoms with Gasteiger partial charge in [0, 0.05) is 23.4 Å². The molecule has 1 atom stereocenters. The summed E-state index contributed by atoms with van der Waals surface area (Å²) in [6.45, 7) is 6.53. The number of nitrogens with one attached hydrogen (secondary N) is 1. The molecular formula is C31H32N6O4S2.